The Bertz CT molecular complexity index is 1060. The van der Waals surface area contributed by atoms with Crippen LogP contribution >= 0.6 is 0 Å². The summed E-state index contributed by atoms with van der Waals surface area (Å²) >= 11 is 0. The number of hydrogen-bond acceptors (Lipinski definition) is 9. The fourth-order valence-electron chi connectivity index (χ4n) is 3.17. The van der Waals surface area contributed by atoms with Gasteiger partial charge in [-0.1, -0.05) is 0 Å². The summed E-state index contributed by atoms with van der Waals surface area (Å²) in [5.41, 5.74) is -0.0745. The first-order valence-electron chi connectivity index (χ1n) is 9.63. The maximum absolute atomic E-state index is 12.0. The molecule has 0 spiro atoms. The van der Waals surface area contributed by atoms with Crippen LogP contribution < -0.4 is 23.8 Å². The average Bonchev–Trinajstić information content (AvgIpc) is 2.63. The van der Waals surface area contributed by atoms with Crippen LogP contribution in [0.3, 0.4) is 0 Å². The molecule has 1 aromatic carbocycles. The maximum Gasteiger partial charge on any atom is 0.422 e. The number of carbonyl (C=O) groups is 1. The predicted molar refractivity (Wildman–Crippen MR) is 115 cm³/mol. The molecule has 1 aliphatic heterocycles. The second-order valence-corrected chi connectivity index (χ2v) is 9.65. The van der Waals surface area contributed by atoms with E-state index < -0.39 is 21.9 Å². The summed E-state index contributed by atoms with van der Waals surface area (Å²) in [5.74, 6) is 1.94. The summed E-state index contributed by atoms with van der Waals surface area (Å²) in [5, 5.41) is 0.811. The van der Waals surface area contributed by atoms with Crippen LogP contribution in [0.25, 0.3) is 10.9 Å². The molecule has 0 atom stereocenters. The maximum atomic E-state index is 12.0. The molecule has 2 aromatic rings. The van der Waals surface area contributed by atoms with Crippen molar-refractivity contribution in [3.8, 4) is 11.5 Å². The fourth-order valence-corrected chi connectivity index (χ4v) is 3.95. The summed E-state index contributed by atoms with van der Waals surface area (Å²) < 4.78 is 44.0. The van der Waals surface area contributed by atoms with Crippen molar-refractivity contribution >= 4 is 33.0 Å². The van der Waals surface area contributed by atoms with Crippen LogP contribution in [0.2, 0.25) is 0 Å². The lowest BCUT2D eigenvalue weighted by molar-refractivity contribution is 0.0569. The Morgan fingerprint density at radius 3 is 2.42 bits per heavy atom. The number of ether oxygens (including phenoxy) is 3. The van der Waals surface area contributed by atoms with Crippen LogP contribution in [0.1, 0.15) is 20.8 Å². The third-order valence-corrected chi connectivity index (χ3v) is 5.54. The summed E-state index contributed by atoms with van der Waals surface area (Å²) in [6, 6.07) is 3.61. The number of rotatable bonds is 7. The molecule has 1 fully saturated rings. The van der Waals surface area contributed by atoms with Gasteiger partial charge >= 0.3 is 16.3 Å². The Hall–Kier alpha value is -2.86. The van der Waals surface area contributed by atoms with E-state index in [0.717, 1.165) is 11.2 Å². The quantitative estimate of drug-likeness (QED) is 0.639. The Labute approximate surface area is 181 Å². The summed E-state index contributed by atoms with van der Waals surface area (Å²) in [6.45, 7) is 6.31. The molecule has 170 valence electrons. The van der Waals surface area contributed by atoms with Crippen molar-refractivity contribution in [2.75, 3.05) is 38.8 Å². The van der Waals surface area contributed by atoms with Crippen molar-refractivity contribution < 1.29 is 27.4 Å². The minimum Gasteiger partial charge on any atom is -0.493 e. The highest BCUT2D eigenvalue weighted by atomic mass is 32.2. The predicted octanol–water partition coefficient (Wildman–Crippen LogP) is 1.44. The number of benzene rings is 1. The van der Waals surface area contributed by atoms with Crippen LogP contribution in [-0.4, -0.2) is 63.9 Å². The van der Waals surface area contributed by atoms with Gasteiger partial charge in [0.05, 0.1) is 19.7 Å². The van der Waals surface area contributed by atoms with E-state index in [4.69, 9.17) is 14.2 Å². The van der Waals surface area contributed by atoms with Crippen molar-refractivity contribution in [2.24, 2.45) is 5.92 Å². The Balaban J connectivity index is 1.60. The molecule has 11 nitrogen and oxygen atoms in total. The standard InChI is InChI=1S/C19H27N5O6S/c1-19(2,3)30-18(25)23-31(26,27)22-8-12-9-24(10-12)17-13-6-15(28-4)16(29-5)7-14(13)20-11-21-17/h6-7,11-12,22H,8-10H2,1-5H3,(H,23,25). The van der Waals surface area contributed by atoms with Crippen LogP contribution in [-0.2, 0) is 14.9 Å². The van der Waals surface area contributed by atoms with Crippen LogP contribution in [0.5, 0.6) is 11.5 Å². The number of anilines is 1. The molecule has 1 amide bonds. The molecule has 1 aromatic heterocycles. The van der Waals surface area contributed by atoms with Gasteiger partial charge in [0.1, 0.15) is 17.7 Å². The van der Waals surface area contributed by atoms with Gasteiger partial charge in [0, 0.05) is 37.0 Å². The third kappa shape index (κ3) is 5.64. The van der Waals surface area contributed by atoms with E-state index in [9.17, 15) is 13.2 Å². The molecule has 2 N–H and O–H groups in total. The number of amides is 1. The van der Waals surface area contributed by atoms with Crippen molar-refractivity contribution in [1.82, 2.24) is 19.4 Å². The Morgan fingerprint density at radius 2 is 1.81 bits per heavy atom. The molecule has 0 radical (unpaired) electrons. The average molecular weight is 454 g/mol. The zero-order valence-corrected chi connectivity index (χ0v) is 18.9. The van der Waals surface area contributed by atoms with Crippen LogP contribution in [0.4, 0.5) is 10.6 Å². The number of methoxy groups -OCH3 is 2. The van der Waals surface area contributed by atoms with Gasteiger partial charge < -0.3 is 19.1 Å². The molecule has 2 heterocycles. The van der Waals surface area contributed by atoms with Gasteiger partial charge in [-0.2, -0.15) is 13.1 Å². The van der Waals surface area contributed by atoms with Crippen molar-refractivity contribution in [2.45, 2.75) is 26.4 Å². The van der Waals surface area contributed by atoms with Crippen molar-refractivity contribution in [1.29, 1.82) is 0 Å². The molecule has 0 unspecified atom stereocenters. The van der Waals surface area contributed by atoms with E-state index in [2.05, 4.69) is 14.7 Å². The van der Waals surface area contributed by atoms with E-state index in [1.165, 1.54) is 6.33 Å². The molecule has 0 saturated carbocycles. The van der Waals surface area contributed by atoms with E-state index in [-0.39, 0.29) is 12.5 Å². The van der Waals surface area contributed by atoms with Crippen molar-refractivity contribution in [3.63, 3.8) is 0 Å². The second kappa shape index (κ2) is 8.71. The highest BCUT2D eigenvalue weighted by Crippen LogP contribution is 2.36. The lowest BCUT2D eigenvalue weighted by Gasteiger charge is -2.40. The Morgan fingerprint density at radius 1 is 1.16 bits per heavy atom. The first-order chi connectivity index (χ1) is 14.5. The van der Waals surface area contributed by atoms with Gasteiger partial charge in [0.2, 0.25) is 0 Å². The molecule has 31 heavy (non-hydrogen) atoms. The second-order valence-electron chi connectivity index (χ2n) is 8.15. The molecule has 0 bridgehead atoms. The van der Waals surface area contributed by atoms with E-state index >= 15 is 0 Å². The molecular formula is C19H27N5O6S. The number of carbonyl (C=O) groups excluding carboxylic acids is 1. The molecule has 12 heteroatoms. The Kier molecular flexibility index (Phi) is 6.41. The molecule has 1 aliphatic rings. The summed E-state index contributed by atoms with van der Waals surface area (Å²) in [4.78, 5) is 22.4. The van der Waals surface area contributed by atoms with Gasteiger partial charge in [-0.25, -0.2) is 19.5 Å². The van der Waals surface area contributed by atoms with E-state index in [0.29, 0.717) is 30.1 Å². The first kappa shape index (κ1) is 22.8. The van der Waals surface area contributed by atoms with Crippen molar-refractivity contribution in [3.05, 3.63) is 18.5 Å². The third-order valence-electron chi connectivity index (χ3n) is 4.55. The van der Waals surface area contributed by atoms with Gasteiger partial charge in [0.25, 0.3) is 0 Å². The van der Waals surface area contributed by atoms with Gasteiger partial charge in [0.15, 0.2) is 11.5 Å². The van der Waals surface area contributed by atoms with E-state index in [1.807, 2.05) is 15.7 Å². The lowest BCUT2D eigenvalue weighted by atomic mass is 10.00. The lowest BCUT2D eigenvalue weighted by Crippen LogP contribution is -2.53. The normalized spacial score (nSPS) is 14.8. The minimum atomic E-state index is -4.01. The fraction of sp³-hybridized carbons (Fsp3) is 0.526. The minimum absolute atomic E-state index is 0.0559. The SMILES string of the molecule is COc1cc2ncnc(N3CC(CNS(=O)(=O)NC(=O)OC(C)(C)C)C3)c2cc1OC. The number of aromatic nitrogens is 2. The first-order valence-corrected chi connectivity index (χ1v) is 11.1. The number of fused-ring (bicyclic) bond motifs is 1. The number of nitrogens with zero attached hydrogens (tertiary/aromatic N) is 3. The molecule has 3 rings (SSSR count). The smallest absolute Gasteiger partial charge is 0.422 e. The summed E-state index contributed by atoms with van der Waals surface area (Å²) in [7, 11) is -0.887. The zero-order chi connectivity index (χ0) is 22.8. The highest BCUT2D eigenvalue weighted by Gasteiger charge is 2.31. The van der Waals surface area contributed by atoms with Gasteiger partial charge in [-0.15, -0.1) is 0 Å². The summed E-state index contributed by atoms with van der Waals surface area (Å²) in [6.07, 6.45) is 0.455. The van der Waals surface area contributed by atoms with Gasteiger partial charge in [-0.05, 0) is 26.8 Å². The van der Waals surface area contributed by atoms with Crippen LogP contribution in [0.15, 0.2) is 18.5 Å². The largest absolute Gasteiger partial charge is 0.493 e. The molecule has 0 aliphatic carbocycles. The number of hydrogen-bond donors (Lipinski definition) is 2. The topological polar surface area (TPSA) is 132 Å². The molecule has 1 saturated heterocycles. The van der Waals surface area contributed by atoms with Crippen LogP contribution in [0, 0.1) is 5.92 Å². The zero-order valence-electron chi connectivity index (χ0n) is 18.1. The number of nitrogens with one attached hydrogen (secondary N) is 2. The molecular weight excluding hydrogens is 426 g/mol. The van der Waals surface area contributed by atoms with E-state index in [1.54, 1.807) is 41.1 Å². The monoisotopic (exact) mass is 453 g/mol. The van der Waals surface area contributed by atoms with Gasteiger partial charge in [-0.3, -0.25) is 0 Å². The highest BCUT2D eigenvalue weighted by molar-refractivity contribution is 7.88.